The van der Waals surface area contributed by atoms with Crippen LogP contribution in [0.1, 0.15) is 13.8 Å². The second-order valence-electron chi connectivity index (χ2n) is 4.82. The lowest BCUT2D eigenvalue weighted by Crippen LogP contribution is -2.31. The normalized spacial score (nSPS) is 11.4. The molecule has 100 valence electrons. The Hall–Kier alpha value is -1.55. The Morgan fingerprint density at radius 3 is 2.58 bits per heavy atom. The Morgan fingerprint density at radius 1 is 1.26 bits per heavy atom. The molecule has 1 amide bonds. The van der Waals surface area contributed by atoms with Crippen molar-refractivity contribution in [2.45, 2.75) is 18.2 Å². The largest absolute Gasteiger partial charge is 0.497 e. The summed E-state index contributed by atoms with van der Waals surface area (Å²) in [5.74, 6) is 0.632. The zero-order chi connectivity index (χ0) is 14.0. The van der Waals surface area contributed by atoms with Gasteiger partial charge >= 0.3 is 0 Å². The summed E-state index contributed by atoms with van der Waals surface area (Å²) in [6, 6.07) is 11.7. The van der Waals surface area contributed by atoms with Crippen molar-refractivity contribution in [3.8, 4) is 5.75 Å². The van der Waals surface area contributed by atoms with Gasteiger partial charge in [-0.3, -0.25) is 4.79 Å². The third kappa shape index (κ3) is 3.07. The van der Waals surface area contributed by atoms with E-state index in [0.717, 1.165) is 22.2 Å². The van der Waals surface area contributed by atoms with Crippen LogP contribution in [0.4, 0.5) is 5.69 Å². The highest BCUT2D eigenvalue weighted by Crippen LogP contribution is 2.30. The van der Waals surface area contributed by atoms with Gasteiger partial charge < -0.3 is 10.1 Å². The summed E-state index contributed by atoms with van der Waals surface area (Å²) in [5.41, 5.74) is 0.757. The number of nitrogens with one attached hydrogen (secondary N) is 1. The van der Waals surface area contributed by atoms with E-state index in [1.807, 2.05) is 50.2 Å². The predicted molar refractivity (Wildman–Crippen MR) is 82.1 cm³/mol. The van der Waals surface area contributed by atoms with Crippen LogP contribution >= 0.6 is 15.9 Å². The number of carbonyl (C=O) groups is 1. The average Bonchev–Trinajstić information content (AvgIpc) is 2.37. The maximum absolute atomic E-state index is 12.1. The van der Waals surface area contributed by atoms with E-state index in [1.54, 1.807) is 7.11 Å². The zero-order valence-electron chi connectivity index (χ0n) is 11.2. The molecule has 3 nitrogen and oxygen atoms in total. The van der Waals surface area contributed by atoms with E-state index in [-0.39, 0.29) is 5.91 Å². The third-order valence-electron chi connectivity index (χ3n) is 2.86. The number of amides is 1. The van der Waals surface area contributed by atoms with Crippen molar-refractivity contribution >= 4 is 38.3 Å². The number of anilines is 1. The van der Waals surface area contributed by atoms with Crippen molar-refractivity contribution in [3.63, 3.8) is 0 Å². The summed E-state index contributed by atoms with van der Waals surface area (Å²) in [6.45, 7) is 3.62. The smallest absolute Gasteiger partial charge is 0.240 e. The fraction of sp³-hybridized carbons (Fsp3) is 0.267. The first-order chi connectivity index (χ1) is 8.91. The van der Waals surface area contributed by atoms with Crippen LogP contribution in [0.3, 0.4) is 0 Å². The van der Waals surface area contributed by atoms with E-state index in [4.69, 9.17) is 4.74 Å². The highest BCUT2D eigenvalue weighted by Gasteiger charge is 2.24. The maximum Gasteiger partial charge on any atom is 0.240 e. The molecular weight excluding hydrogens is 306 g/mol. The lowest BCUT2D eigenvalue weighted by atomic mass is 10.1. The Kier molecular flexibility index (Phi) is 3.80. The number of rotatable bonds is 3. The minimum atomic E-state index is -0.614. The molecule has 0 saturated heterocycles. The second kappa shape index (κ2) is 5.21. The number of methoxy groups -OCH3 is 1. The van der Waals surface area contributed by atoms with Crippen LogP contribution in [-0.2, 0) is 4.79 Å². The van der Waals surface area contributed by atoms with Gasteiger partial charge in [0.1, 0.15) is 5.75 Å². The fourth-order valence-corrected chi connectivity index (χ4v) is 1.87. The fourth-order valence-electron chi connectivity index (χ4n) is 1.78. The van der Waals surface area contributed by atoms with Crippen molar-refractivity contribution in [2.75, 3.05) is 12.4 Å². The first-order valence-corrected chi connectivity index (χ1v) is 6.78. The number of alkyl halides is 1. The van der Waals surface area contributed by atoms with Gasteiger partial charge in [0.2, 0.25) is 5.91 Å². The molecule has 1 N–H and O–H groups in total. The summed E-state index contributed by atoms with van der Waals surface area (Å²) < 4.78 is 4.65. The molecule has 0 aromatic heterocycles. The molecule has 0 unspecified atom stereocenters. The van der Waals surface area contributed by atoms with E-state index >= 15 is 0 Å². The van der Waals surface area contributed by atoms with Gasteiger partial charge in [-0.15, -0.1) is 0 Å². The van der Waals surface area contributed by atoms with Gasteiger partial charge in [-0.25, -0.2) is 0 Å². The van der Waals surface area contributed by atoms with Gasteiger partial charge in [-0.05, 0) is 25.3 Å². The van der Waals surface area contributed by atoms with Gasteiger partial charge in [-0.2, -0.15) is 0 Å². The topological polar surface area (TPSA) is 38.3 Å². The molecule has 19 heavy (non-hydrogen) atoms. The molecule has 0 spiro atoms. The van der Waals surface area contributed by atoms with E-state index < -0.39 is 4.32 Å². The highest BCUT2D eigenvalue weighted by atomic mass is 79.9. The number of benzene rings is 2. The summed E-state index contributed by atoms with van der Waals surface area (Å²) in [6.07, 6.45) is 0. The van der Waals surface area contributed by atoms with Crippen LogP contribution in [0.25, 0.3) is 10.8 Å². The van der Waals surface area contributed by atoms with E-state index in [1.165, 1.54) is 0 Å². The van der Waals surface area contributed by atoms with E-state index in [2.05, 4.69) is 21.2 Å². The molecule has 0 aliphatic carbocycles. The lowest BCUT2D eigenvalue weighted by Gasteiger charge is -2.17. The SMILES string of the molecule is COc1cc(NC(=O)C(C)(C)Br)c2ccccc2c1. The summed E-state index contributed by atoms with van der Waals surface area (Å²) in [7, 11) is 1.62. The number of hydrogen-bond donors (Lipinski definition) is 1. The number of carbonyl (C=O) groups excluding carboxylic acids is 1. The zero-order valence-corrected chi connectivity index (χ0v) is 12.7. The van der Waals surface area contributed by atoms with E-state index in [0.29, 0.717) is 0 Å². The van der Waals surface area contributed by atoms with Crippen molar-refractivity contribution in [2.24, 2.45) is 0 Å². The summed E-state index contributed by atoms with van der Waals surface area (Å²) in [5, 5.41) is 4.96. The lowest BCUT2D eigenvalue weighted by molar-refractivity contribution is -0.117. The second-order valence-corrected chi connectivity index (χ2v) is 6.81. The van der Waals surface area contributed by atoms with Gasteiger partial charge in [0.15, 0.2) is 0 Å². The number of hydrogen-bond acceptors (Lipinski definition) is 2. The number of halogens is 1. The number of fused-ring (bicyclic) bond motifs is 1. The number of ether oxygens (including phenoxy) is 1. The Balaban J connectivity index is 2.49. The van der Waals surface area contributed by atoms with Gasteiger partial charge in [0.25, 0.3) is 0 Å². The summed E-state index contributed by atoms with van der Waals surface area (Å²) in [4.78, 5) is 12.1. The molecule has 0 aliphatic rings. The average molecular weight is 322 g/mol. The molecule has 2 aromatic carbocycles. The molecule has 0 heterocycles. The third-order valence-corrected chi connectivity index (χ3v) is 3.22. The maximum atomic E-state index is 12.1. The van der Waals surface area contributed by atoms with Gasteiger partial charge in [-0.1, -0.05) is 40.2 Å². The highest BCUT2D eigenvalue weighted by molar-refractivity contribution is 9.10. The first-order valence-electron chi connectivity index (χ1n) is 5.99. The molecule has 0 bridgehead atoms. The van der Waals surface area contributed by atoms with Crippen molar-refractivity contribution < 1.29 is 9.53 Å². The van der Waals surface area contributed by atoms with Crippen LogP contribution in [-0.4, -0.2) is 17.3 Å². The first kappa shape index (κ1) is 13.9. The Morgan fingerprint density at radius 2 is 1.95 bits per heavy atom. The summed E-state index contributed by atoms with van der Waals surface area (Å²) >= 11 is 3.36. The quantitative estimate of drug-likeness (QED) is 0.869. The van der Waals surface area contributed by atoms with Crippen LogP contribution in [0.2, 0.25) is 0 Å². The molecule has 0 radical (unpaired) electrons. The minimum absolute atomic E-state index is 0.0918. The molecule has 2 rings (SSSR count). The van der Waals surface area contributed by atoms with Crippen LogP contribution in [0.5, 0.6) is 5.75 Å². The molecule has 0 aliphatic heterocycles. The van der Waals surface area contributed by atoms with Crippen molar-refractivity contribution in [1.29, 1.82) is 0 Å². The van der Waals surface area contributed by atoms with Crippen LogP contribution < -0.4 is 10.1 Å². The molecule has 0 saturated carbocycles. The standard InChI is InChI=1S/C15H16BrNO2/c1-15(2,16)14(18)17-13-9-11(19-3)8-10-6-4-5-7-12(10)13/h4-9H,1-3H3,(H,17,18). The van der Waals surface area contributed by atoms with Crippen LogP contribution in [0.15, 0.2) is 36.4 Å². The van der Waals surface area contributed by atoms with E-state index in [9.17, 15) is 4.79 Å². The van der Waals surface area contributed by atoms with Gasteiger partial charge in [0, 0.05) is 11.5 Å². The monoisotopic (exact) mass is 321 g/mol. The molecule has 0 atom stereocenters. The Bertz CT molecular complexity index is 617. The molecule has 2 aromatic rings. The molecule has 0 fully saturated rings. The van der Waals surface area contributed by atoms with Crippen molar-refractivity contribution in [3.05, 3.63) is 36.4 Å². The molecule has 4 heteroatoms. The Labute approximate surface area is 121 Å². The van der Waals surface area contributed by atoms with Gasteiger partial charge in [0.05, 0.1) is 17.1 Å². The molecular formula is C15H16BrNO2. The van der Waals surface area contributed by atoms with Crippen LogP contribution in [0, 0.1) is 0 Å². The predicted octanol–water partition coefficient (Wildman–Crippen LogP) is 3.96. The van der Waals surface area contributed by atoms with Crippen molar-refractivity contribution in [1.82, 2.24) is 0 Å². The minimum Gasteiger partial charge on any atom is -0.497 e.